The van der Waals surface area contributed by atoms with Gasteiger partial charge in [-0.15, -0.1) is 0 Å². The molecular weight excluding hydrogens is 288 g/mol. The lowest BCUT2D eigenvalue weighted by Crippen LogP contribution is -2.10. The topological polar surface area (TPSA) is 47.3 Å². The van der Waals surface area contributed by atoms with Crippen LogP contribution in [0.5, 0.6) is 5.75 Å². The predicted octanol–water partition coefficient (Wildman–Crippen LogP) is 3.93. The molecule has 3 rings (SSSR count). The van der Waals surface area contributed by atoms with Crippen LogP contribution in [0.4, 0.5) is 0 Å². The van der Waals surface area contributed by atoms with E-state index < -0.39 is 6.10 Å². The highest BCUT2D eigenvalue weighted by atomic mass is 16.5. The first kappa shape index (κ1) is 15.6. The number of aliphatic hydroxyl groups excluding tert-OH is 1. The molecule has 4 heteroatoms. The Hall–Kier alpha value is -2.33. The molecule has 0 aliphatic rings. The Bertz CT molecular complexity index is 795. The van der Waals surface area contributed by atoms with Crippen molar-refractivity contribution in [3.05, 3.63) is 59.9 Å². The first-order valence-electron chi connectivity index (χ1n) is 7.99. The molecule has 120 valence electrons. The van der Waals surface area contributed by atoms with Gasteiger partial charge >= 0.3 is 0 Å². The lowest BCUT2D eigenvalue weighted by atomic mass is 10.1. The average molecular weight is 310 g/mol. The second-order valence-corrected chi connectivity index (χ2v) is 5.66. The SMILES string of the molecule is CCC[C@H](O)c1nc2ccccc2n1Cc1ccccc1OC. The number of methoxy groups -OCH3 is 1. The van der Waals surface area contributed by atoms with E-state index >= 15 is 0 Å². The fourth-order valence-corrected chi connectivity index (χ4v) is 2.92. The highest BCUT2D eigenvalue weighted by molar-refractivity contribution is 5.76. The summed E-state index contributed by atoms with van der Waals surface area (Å²) in [5, 5.41) is 10.5. The predicted molar refractivity (Wildman–Crippen MR) is 91.7 cm³/mol. The molecule has 0 aliphatic heterocycles. The molecule has 0 saturated heterocycles. The summed E-state index contributed by atoms with van der Waals surface area (Å²) < 4.78 is 7.55. The molecule has 1 aromatic heterocycles. The molecule has 0 fully saturated rings. The van der Waals surface area contributed by atoms with Crippen molar-refractivity contribution in [1.82, 2.24) is 9.55 Å². The maximum atomic E-state index is 10.5. The number of aliphatic hydroxyl groups is 1. The van der Waals surface area contributed by atoms with Gasteiger partial charge in [0.05, 0.1) is 24.7 Å². The average Bonchev–Trinajstić information content (AvgIpc) is 2.94. The Morgan fingerprint density at radius 2 is 1.87 bits per heavy atom. The first-order valence-corrected chi connectivity index (χ1v) is 7.99. The van der Waals surface area contributed by atoms with E-state index in [9.17, 15) is 5.11 Å². The number of fused-ring (bicyclic) bond motifs is 1. The minimum Gasteiger partial charge on any atom is -0.496 e. The molecular formula is C19H22N2O2. The summed E-state index contributed by atoms with van der Waals surface area (Å²) in [6.07, 6.45) is 1.07. The lowest BCUT2D eigenvalue weighted by Gasteiger charge is -2.15. The van der Waals surface area contributed by atoms with Gasteiger partial charge in [0.2, 0.25) is 0 Å². The maximum absolute atomic E-state index is 10.5. The molecule has 23 heavy (non-hydrogen) atoms. The first-order chi connectivity index (χ1) is 11.2. The largest absolute Gasteiger partial charge is 0.496 e. The van der Waals surface area contributed by atoms with Gasteiger partial charge in [0, 0.05) is 5.56 Å². The number of para-hydroxylation sites is 3. The van der Waals surface area contributed by atoms with Crippen LogP contribution in [0.3, 0.4) is 0 Å². The van der Waals surface area contributed by atoms with E-state index in [4.69, 9.17) is 4.74 Å². The fourth-order valence-electron chi connectivity index (χ4n) is 2.92. The third kappa shape index (κ3) is 3.08. The van der Waals surface area contributed by atoms with E-state index in [1.807, 2.05) is 48.5 Å². The van der Waals surface area contributed by atoms with Crippen LogP contribution >= 0.6 is 0 Å². The standard InChI is InChI=1S/C19H22N2O2/c1-3-8-17(22)19-20-15-10-5-6-11-16(15)21(19)13-14-9-4-7-12-18(14)23-2/h4-7,9-12,17,22H,3,8,13H2,1-2H3/t17-/m0/s1. The Morgan fingerprint density at radius 3 is 2.65 bits per heavy atom. The second-order valence-electron chi connectivity index (χ2n) is 5.66. The smallest absolute Gasteiger partial charge is 0.139 e. The Kier molecular flexibility index (Phi) is 4.63. The van der Waals surface area contributed by atoms with E-state index in [0.29, 0.717) is 13.0 Å². The number of nitrogens with zero attached hydrogens (tertiary/aromatic N) is 2. The molecule has 0 amide bonds. The second kappa shape index (κ2) is 6.84. The van der Waals surface area contributed by atoms with Crippen LogP contribution in [0.25, 0.3) is 11.0 Å². The molecule has 1 heterocycles. The molecule has 0 spiro atoms. The third-order valence-electron chi connectivity index (χ3n) is 4.07. The molecule has 0 saturated carbocycles. The Labute approximate surface area is 136 Å². The van der Waals surface area contributed by atoms with Gasteiger partial charge in [0.1, 0.15) is 17.7 Å². The number of ether oxygens (including phenoxy) is 1. The highest BCUT2D eigenvalue weighted by Gasteiger charge is 2.18. The number of rotatable bonds is 6. The van der Waals surface area contributed by atoms with Crippen molar-refractivity contribution < 1.29 is 9.84 Å². The molecule has 0 aliphatic carbocycles. The molecule has 2 aromatic carbocycles. The minimum atomic E-state index is -0.554. The summed E-state index contributed by atoms with van der Waals surface area (Å²) in [7, 11) is 1.68. The Balaban J connectivity index is 2.09. The van der Waals surface area contributed by atoms with E-state index in [1.54, 1.807) is 7.11 Å². The number of imidazole rings is 1. The van der Waals surface area contributed by atoms with Crippen molar-refractivity contribution in [3.63, 3.8) is 0 Å². The van der Waals surface area contributed by atoms with Crippen molar-refractivity contribution in [2.24, 2.45) is 0 Å². The molecule has 1 atom stereocenters. The van der Waals surface area contributed by atoms with Crippen LogP contribution in [0.1, 0.15) is 37.3 Å². The van der Waals surface area contributed by atoms with Crippen molar-refractivity contribution in [2.45, 2.75) is 32.4 Å². The van der Waals surface area contributed by atoms with Crippen LogP contribution in [0.2, 0.25) is 0 Å². The van der Waals surface area contributed by atoms with E-state index in [0.717, 1.165) is 34.6 Å². The zero-order chi connectivity index (χ0) is 16.2. The molecule has 0 unspecified atom stereocenters. The number of hydrogen-bond donors (Lipinski definition) is 1. The van der Waals surface area contributed by atoms with Gasteiger partial charge in [-0.3, -0.25) is 0 Å². The molecule has 0 bridgehead atoms. The monoisotopic (exact) mass is 310 g/mol. The van der Waals surface area contributed by atoms with Gasteiger partial charge in [-0.1, -0.05) is 43.7 Å². The van der Waals surface area contributed by atoms with Crippen molar-refractivity contribution in [2.75, 3.05) is 7.11 Å². The summed E-state index contributed by atoms with van der Waals surface area (Å²) in [5.41, 5.74) is 3.01. The van der Waals surface area contributed by atoms with Crippen LogP contribution in [-0.2, 0) is 6.54 Å². The van der Waals surface area contributed by atoms with Crippen LogP contribution in [-0.4, -0.2) is 21.8 Å². The molecule has 3 aromatic rings. The van der Waals surface area contributed by atoms with Gasteiger partial charge < -0.3 is 14.4 Å². The molecule has 1 N–H and O–H groups in total. The summed E-state index contributed by atoms with van der Waals surface area (Å²) in [6, 6.07) is 16.0. The highest BCUT2D eigenvalue weighted by Crippen LogP contribution is 2.27. The maximum Gasteiger partial charge on any atom is 0.139 e. The fraction of sp³-hybridized carbons (Fsp3) is 0.316. The summed E-state index contributed by atoms with van der Waals surface area (Å²) in [5.74, 6) is 1.57. The van der Waals surface area contributed by atoms with Crippen molar-refractivity contribution in [3.8, 4) is 5.75 Å². The van der Waals surface area contributed by atoms with Crippen LogP contribution in [0, 0.1) is 0 Å². The van der Waals surface area contributed by atoms with Gasteiger partial charge in [-0.25, -0.2) is 4.98 Å². The van der Waals surface area contributed by atoms with Gasteiger partial charge in [-0.05, 0) is 24.6 Å². The van der Waals surface area contributed by atoms with Crippen molar-refractivity contribution >= 4 is 11.0 Å². The van der Waals surface area contributed by atoms with Gasteiger partial charge in [0.15, 0.2) is 0 Å². The number of hydrogen-bond acceptors (Lipinski definition) is 3. The van der Waals surface area contributed by atoms with Gasteiger partial charge in [-0.2, -0.15) is 0 Å². The molecule has 4 nitrogen and oxygen atoms in total. The molecule has 0 radical (unpaired) electrons. The van der Waals surface area contributed by atoms with Crippen molar-refractivity contribution in [1.29, 1.82) is 0 Å². The quantitative estimate of drug-likeness (QED) is 0.750. The zero-order valence-corrected chi connectivity index (χ0v) is 13.6. The third-order valence-corrected chi connectivity index (χ3v) is 4.07. The van der Waals surface area contributed by atoms with E-state index in [-0.39, 0.29) is 0 Å². The number of aromatic nitrogens is 2. The van der Waals surface area contributed by atoms with Crippen LogP contribution in [0.15, 0.2) is 48.5 Å². The normalized spacial score (nSPS) is 12.5. The minimum absolute atomic E-state index is 0.554. The summed E-state index contributed by atoms with van der Waals surface area (Å²) >= 11 is 0. The lowest BCUT2D eigenvalue weighted by molar-refractivity contribution is 0.153. The van der Waals surface area contributed by atoms with E-state index in [2.05, 4.69) is 16.5 Å². The Morgan fingerprint density at radius 1 is 1.13 bits per heavy atom. The van der Waals surface area contributed by atoms with E-state index in [1.165, 1.54) is 0 Å². The number of benzene rings is 2. The summed E-state index contributed by atoms with van der Waals surface area (Å²) in [6.45, 7) is 2.69. The summed E-state index contributed by atoms with van der Waals surface area (Å²) in [4.78, 5) is 4.66. The zero-order valence-electron chi connectivity index (χ0n) is 13.6. The van der Waals surface area contributed by atoms with Gasteiger partial charge in [0.25, 0.3) is 0 Å². The van der Waals surface area contributed by atoms with Crippen LogP contribution < -0.4 is 4.74 Å².